The van der Waals surface area contributed by atoms with Crippen LogP contribution in [0.15, 0.2) is 59.9 Å². The first kappa shape index (κ1) is 19.2. The molecular formula is C24H23N5O2. The van der Waals surface area contributed by atoms with Gasteiger partial charge in [-0.1, -0.05) is 57.2 Å². The van der Waals surface area contributed by atoms with Crippen LogP contribution in [0, 0.1) is 5.41 Å². The maximum Gasteiger partial charge on any atom is 0.283 e. The predicted octanol–water partition coefficient (Wildman–Crippen LogP) is 4.29. The van der Waals surface area contributed by atoms with E-state index < -0.39 is 5.54 Å². The summed E-state index contributed by atoms with van der Waals surface area (Å²) in [5.41, 5.74) is 8.97. The predicted molar refractivity (Wildman–Crippen MR) is 119 cm³/mol. The quantitative estimate of drug-likeness (QED) is 0.673. The summed E-state index contributed by atoms with van der Waals surface area (Å²) in [6.07, 6.45) is 7.44. The first-order chi connectivity index (χ1) is 14.8. The molecule has 2 N–H and O–H groups in total. The van der Waals surface area contributed by atoms with Crippen LogP contribution in [0.4, 0.5) is 0 Å². The van der Waals surface area contributed by atoms with E-state index in [1.165, 1.54) is 0 Å². The molecule has 5 rings (SSSR count). The van der Waals surface area contributed by atoms with Crippen molar-refractivity contribution in [2.75, 3.05) is 6.61 Å². The smallest absolute Gasteiger partial charge is 0.283 e. The molecule has 31 heavy (non-hydrogen) atoms. The molecule has 1 unspecified atom stereocenters. The molecule has 0 aliphatic carbocycles. The third-order valence-corrected chi connectivity index (χ3v) is 5.22. The first-order valence-electron chi connectivity index (χ1n) is 10.1. The lowest BCUT2D eigenvalue weighted by atomic mass is 9.85. The molecule has 0 radical (unpaired) electrons. The molecule has 0 fully saturated rings. The molecule has 0 saturated heterocycles. The van der Waals surface area contributed by atoms with Crippen molar-refractivity contribution in [2.45, 2.75) is 26.3 Å². The highest BCUT2D eigenvalue weighted by Gasteiger charge is 2.49. The van der Waals surface area contributed by atoms with E-state index >= 15 is 0 Å². The Morgan fingerprint density at radius 2 is 1.90 bits per heavy atom. The molecule has 2 aliphatic rings. The summed E-state index contributed by atoms with van der Waals surface area (Å²) >= 11 is 0. The molecule has 0 bridgehead atoms. The van der Waals surface area contributed by atoms with Gasteiger partial charge in [-0.2, -0.15) is 0 Å². The third kappa shape index (κ3) is 3.42. The summed E-state index contributed by atoms with van der Waals surface area (Å²) in [6, 6.07) is 12.0. The van der Waals surface area contributed by atoms with Crippen LogP contribution >= 0.6 is 0 Å². The molecule has 156 valence electrons. The van der Waals surface area contributed by atoms with Crippen LogP contribution in [0.2, 0.25) is 0 Å². The van der Waals surface area contributed by atoms with Gasteiger partial charge in [0.25, 0.3) is 6.02 Å². The number of hydrogen-bond donors (Lipinski definition) is 1. The summed E-state index contributed by atoms with van der Waals surface area (Å²) in [6.45, 7) is 6.61. The number of aromatic nitrogens is 3. The van der Waals surface area contributed by atoms with Crippen molar-refractivity contribution < 1.29 is 9.47 Å². The SMILES string of the molecule is CC(C)(C)C=Cc1cnc2c(n1)C1(COC(N)=N1)c1cc(-c3ccccc3)ncc1O2. The highest BCUT2D eigenvalue weighted by molar-refractivity contribution is 5.76. The zero-order valence-electron chi connectivity index (χ0n) is 17.7. The minimum absolute atomic E-state index is 0.0215. The van der Waals surface area contributed by atoms with Gasteiger partial charge >= 0.3 is 0 Å². The fourth-order valence-corrected chi connectivity index (χ4v) is 3.69. The summed E-state index contributed by atoms with van der Waals surface area (Å²) in [5.74, 6) is 0.957. The molecule has 3 aromatic rings. The topological polar surface area (TPSA) is 95.5 Å². The lowest BCUT2D eigenvalue weighted by molar-refractivity contribution is 0.257. The lowest BCUT2D eigenvalue weighted by Crippen LogP contribution is -2.33. The highest BCUT2D eigenvalue weighted by Crippen LogP contribution is 2.49. The van der Waals surface area contributed by atoms with E-state index in [0.717, 1.165) is 22.5 Å². The molecule has 1 aromatic carbocycles. The van der Waals surface area contributed by atoms with Crippen molar-refractivity contribution in [1.29, 1.82) is 0 Å². The van der Waals surface area contributed by atoms with Crippen molar-refractivity contribution in [3.8, 4) is 22.9 Å². The largest absolute Gasteiger partial charge is 0.462 e. The number of benzene rings is 1. The Labute approximate surface area is 180 Å². The molecule has 1 atom stereocenters. The van der Waals surface area contributed by atoms with Gasteiger partial charge in [0, 0.05) is 11.1 Å². The molecular weight excluding hydrogens is 390 g/mol. The summed E-state index contributed by atoms with van der Waals surface area (Å²) < 4.78 is 11.7. The number of amidine groups is 1. The fraction of sp³-hybridized carbons (Fsp3) is 0.250. The second-order valence-corrected chi connectivity index (χ2v) is 8.78. The second-order valence-electron chi connectivity index (χ2n) is 8.78. The van der Waals surface area contributed by atoms with Gasteiger partial charge in [0.15, 0.2) is 11.3 Å². The van der Waals surface area contributed by atoms with Crippen LogP contribution in [-0.4, -0.2) is 27.6 Å². The van der Waals surface area contributed by atoms with E-state index in [0.29, 0.717) is 17.3 Å². The number of nitrogens with two attached hydrogens (primary N) is 1. The van der Waals surface area contributed by atoms with E-state index in [4.69, 9.17) is 20.2 Å². The maximum absolute atomic E-state index is 6.06. The highest BCUT2D eigenvalue weighted by atomic mass is 16.5. The zero-order chi connectivity index (χ0) is 21.6. The first-order valence-corrected chi connectivity index (χ1v) is 10.1. The van der Waals surface area contributed by atoms with Gasteiger partial charge < -0.3 is 15.2 Å². The Balaban J connectivity index is 1.67. The number of fused-ring (bicyclic) bond motifs is 4. The fourth-order valence-electron chi connectivity index (χ4n) is 3.69. The van der Waals surface area contributed by atoms with E-state index in [9.17, 15) is 0 Å². The number of pyridine rings is 1. The molecule has 2 aromatic heterocycles. The van der Waals surface area contributed by atoms with Crippen molar-refractivity contribution in [3.63, 3.8) is 0 Å². The molecule has 7 heteroatoms. The van der Waals surface area contributed by atoms with Crippen molar-refractivity contribution in [1.82, 2.24) is 15.0 Å². The average molecular weight is 413 g/mol. The number of hydrogen-bond acceptors (Lipinski definition) is 7. The van der Waals surface area contributed by atoms with E-state index in [1.807, 2.05) is 42.5 Å². The maximum atomic E-state index is 6.06. The Morgan fingerprint density at radius 3 is 2.61 bits per heavy atom. The van der Waals surface area contributed by atoms with Crippen LogP contribution in [0.3, 0.4) is 0 Å². The van der Waals surface area contributed by atoms with Gasteiger partial charge in [0.05, 0.1) is 23.8 Å². The molecule has 0 amide bonds. The van der Waals surface area contributed by atoms with Crippen molar-refractivity contribution in [3.05, 3.63) is 71.8 Å². The molecule has 0 saturated carbocycles. The Bertz CT molecular complexity index is 1210. The molecule has 7 nitrogen and oxygen atoms in total. The molecule has 4 heterocycles. The summed E-state index contributed by atoms with van der Waals surface area (Å²) in [5, 5.41) is 0. The number of aliphatic imine (C=N–C) groups is 1. The minimum Gasteiger partial charge on any atom is -0.462 e. The normalized spacial score (nSPS) is 19.5. The Hall–Kier alpha value is -3.74. The van der Waals surface area contributed by atoms with Crippen LogP contribution in [0.1, 0.15) is 37.7 Å². The van der Waals surface area contributed by atoms with Crippen molar-refractivity contribution >= 4 is 12.1 Å². The van der Waals surface area contributed by atoms with Gasteiger partial charge in [-0.05, 0) is 17.6 Å². The minimum atomic E-state index is -0.932. The van der Waals surface area contributed by atoms with Gasteiger partial charge in [0.1, 0.15) is 12.3 Å². The van der Waals surface area contributed by atoms with Gasteiger partial charge in [0.2, 0.25) is 5.88 Å². The van der Waals surface area contributed by atoms with Crippen LogP contribution in [-0.2, 0) is 10.3 Å². The number of allylic oxidation sites excluding steroid dienone is 1. The van der Waals surface area contributed by atoms with Gasteiger partial charge in [-0.25, -0.2) is 15.0 Å². The second kappa shape index (κ2) is 6.91. The number of ether oxygens (including phenoxy) is 2. The standard InChI is InChI=1S/C24H23N5O2/c1-23(2,3)10-9-16-12-27-21-20(28-16)24(14-30-22(25)29-24)17-11-18(26-13-19(17)31-21)15-7-5-4-6-8-15/h4-13H,14H2,1-3H3,(H2,25,29). The van der Waals surface area contributed by atoms with Crippen LogP contribution in [0.5, 0.6) is 11.6 Å². The van der Waals surface area contributed by atoms with Crippen LogP contribution in [0.25, 0.3) is 17.3 Å². The van der Waals surface area contributed by atoms with Gasteiger partial charge in [-0.3, -0.25) is 4.98 Å². The summed E-state index contributed by atoms with van der Waals surface area (Å²) in [4.78, 5) is 18.6. The lowest BCUT2D eigenvalue weighted by Gasteiger charge is -2.31. The Kier molecular flexibility index (Phi) is 4.28. The monoisotopic (exact) mass is 413 g/mol. The van der Waals surface area contributed by atoms with E-state index in [-0.39, 0.29) is 18.0 Å². The Morgan fingerprint density at radius 1 is 1.10 bits per heavy atom. The number of rotatable bonds is 2. The number of nitrogens with zero attached hydrogens (tertiary/aromatic N) is 4. The molecule has 2 aliphatic heterocycles. The average Bonchev–Trinajstić information content (AvgIpc) is 3.15. The van der Waals surface area contributed by atoms with Crippen molar-refractivity contribution in [2.24, 2.45) is 16.1 Å². The van der Waals surface area contributed by atoms with E-state index in [2.05, 4.69) is 41.8 Å². The van der Waals surface area contributed by atoms with E-state index in [1.54, 1.807) is 12.4 Å². The third-order valence-electron chi connectivity index (χ3n) is 5.22. The van der Waals surface area contributed by atoms with Crippen LogP contribution < -0.4 is 10.5 Å². The van der Waals surface area contributed by atoms with Gasteiger partial charge in [-0.15, -0.1) is 0 Å². The molecule has 1 spiro atoms. The zero-order valence-corrected chi connectivity index (χ0v) is 17.7. The summed E-state index contributed by atoms with van der Waals surface area (Å²) in [7, 11) is 0.